The van der Waals surface area contributed by atoms with Crippen LogP contribution < -0.4 is 22.4 Å². The van der Waals surface area contributed by atoms with E-state index in [0.717, 1.165) is 31.2 Å². The highest BCUT2D eigenvalue weighted by Crippen LogP contribution is 2.50. The average Bonchev–Trinajstić information content (AvgIpc) is 3.18. The van der Waals surface area contributed by atoms with Crippen LogP contribution in [0, 0.1) is 17.3 Å². The number of hydrazine groups is 1. The van der Waals surface area contributed by atoms with Crippen LogP contribution in [0.1, 0.15) is 87.8 Å². The van der Waals surface area contributed by atoms with Crippen LogP contribution in [0.25, 0.3) is 0 Å². The predicted molar refractivity (Wildman–Crippen MR) is 169 cm³/mol. The van der Waals surface area contributed by atoms with Gasteiger partial charge in [0.2, 0.25) is 0 Å². The number of hydrazone groups is 1. The first kappa shape index (κ1) is 31.8. The van der Waals surface area contributed by atoms with Crippen molar-refractivity contribution in [1.82, 2.24) is 15.8 Å². The second kappa shape index (κ2) is 12.6. The number of nitrogens with zero attached hydrogens (tertiary/aromatic N) is 3. The van der Waals surface area contributed by atoms with Gasteiger partial charge in [0.25, 0.3) is 11.8 Å². The maximum Gasteiger partial charge on any atom is 0.275 e. The van der Waals surface area contributed by atoms with Gasteiger partial charge < -0.3 is 16.0 Å². The first-order chi connectivity index (χ1) is 19.8. The van der Waals surface area contributed by atoms with Crippen LogP contribution in [0.15, 0.2) is 52.6 Å². The quantitative estimate of drug-likeness (QED) is 0.136. The molecular formula is C31H41Cl2N7O2. The van der Waals surface area contributed by atoms with Crippen molar-refractivity contribution in [3.05, 3.63) is 69.2 Å². The number of carbonyl (C=O) groups is 2. The number of nitrogens with one attached hydrogen (secondary N) is 2. The molecule has 6 N–H and O–H groups in total. The first-order valence-electron chi connectivity index (χ1n) is 14.3. The molecule has 9 nitrogen and oxygen atoms in total. The zero-order valence-electron chi connectivity index (χ0n) is 24.9. The summed E-state index contributed by atoms with van der Waals surface area (Å²) in [6.45, 7) is 11.1. The molecule has 42 heavy (non-hydrogen) atoms. The monoisotopic (exact) mass is 613 g/mol. The molecule has 1 spiro atoms. The van der Waals surface area contributed by atoms with Crippen LogP contribution in [0.3, 0.4) is 0 Å². The molecule has 0 unspecified atom stereocenters. The number of benzene rings is 2. The summed E-state index contributed by atoms with van der Waals surface area (Å²) in [7, 11) is 0. The van der Waals surface area contributed by atoms with Gasteiger partial charge in [-0.15, -0.1) is 0 Å². The lowest BCUT2D eigenvalue weighted by molar-refractivity contribution is -0.135. The summed E-state index contributed by atoms with van der Waals surface area (Å²) >= 11 is 12.7. The zero-order chi connectivity index (χ0) is 30.8. The normalized spacial score (nSPS) is 22.0. The molecule has 4 rings (SSSR count). The fraction of sp³-hybridized carbons (Fsp3) is 0.484. The maximum atomic E-state index is 14.4. The average molecular weight is 615 g/mol. The van der Waals surface area contributed by atoms with Gasteiger partial charge in [-0.1, -0.05) is 70.0 Å². The van der Waals surface area contributed by atoms with E-state index in [-0.39, 0.29) is 41.6 Å². The number of hydrogen-bond acceptors (Lipinski definition) is 6. The Balaban J connectivity index is 1.70. The van der Waals surface area contributed by atoms with Crippen molar-refractivity contribution < 1.29 is 9.59 Å². The van der Waals surface area contributed by atoms with Gasteiger partial charge in [0.05, 0.1) is 12.6 Å². The molecule has 2 aromatic rings. The summed E-state index contributed by atoms with van der Waals surface area (Å²) in [6, 6.07) is 12.2. The van der Waals surface area contributed by atoms with E-state index < -0.39 is 5.66 Å². The maximum absolute atomic E-state index is 14.4. The topological polar surface area (TPSA) is 138 Å². The number of nitrogens with two attached hydrogens (primary N) is 2. The van der Waals surface area contributed by atoms with Gasteiger partial charge in [-0.3, -0.25) is 14.6 Å². The molecule has 11 heteroatoms. The summed E-state index contributed by atoms with van der Waals surface area (Å²) < 4.78 is 0. The standard InChI is InChI=1S/C31H41Cl2N7O2/c1-18(2)27(19-6-8-20(9-7-19)28(41)36-17-25(34)38-39-35)40-29(42)26(21-14-23(32)16-24(33)15-21)37-31(40)12-10-22(11-13-31)30(3,4)5/h6-9,14-16,18,22,27,39H,10-13,17,35H2,1-5H3,(H2,34,38)(H,36,41)/t22?,27-,31?/m1/s1. The van der Waals surface area contributed by atoms with Crippen LogP contribution in [0.4, 0.5) is 0 Å². The Kier molecular flexibility index (Phi) is 9.55. The number of aliphatic imine (C=N–C) groups is 1. The molecule has 1 aliphatic carbocycles. The van der Waals surface area contributed by atoms with E-state index >= 15 is 0 Å². The summed E-state index contributed by atoms with van der Waals surface area (Å²) in [5, 5.41) is 7.27. The number of carbonyl (C=O) groups excluding carboxylic acids is 2. The van der Waals surface area contributed by atoms with Crippen LogP contribution in [0.2, 0.25) is 10.0 Å². The lowest BCUT2D eigenvalue weighted by atomic mass is 9.69. The molecule has 1 fully saturated rings. The van der Waals surface area contributed by atoms with E-state index in [9.17, 15) is 9.59 Å². The fourth-order valence-corrected chi connectivity index (χ4v) is 6.76. The molecule has 0 aromatic heterocycles. The Hall–Kier alpha value is -3.14. The second-order valence-electron chi connectivity index (χ2n) is 12.6. The molecule has 2 aromatic carbocycles. The van der Waals surface area contributed by atoms with Gasteiger partial charge in [-0.2, -0.15) is 5.10 Å². The molecule has 0 saturated heterocycles. The number of amidine groups is 1. The third kappa shape index (κ3) is 6.74. The molecule has 1 atom stereocenters. The van der Waals surface area contributed by atoms with Gasteiger partial charge in [-0.25, -0.2) is 11.4 Å². The number of halogens is 2. The number of rotatable bonds is 8. The number of hydrogen-bond donors (Lipinski definition) is 4. The van der Waals surface area contributed by atoms with E-state index in [1.807, 2.05) is 17.0 Å². The van der Waals surface area contributed by atoms with Crippen LogP contribution >= 0.6 is 23.2 Å². The van der Waals surface area contributed by atoms with Crippen molar-refractivity contribution in [1.29, 1.82) is 0 Å². The Morgan fingerprint density at radius 1 is 1.12 bits per heavy atom. The molecule has 0 radical (unpaired) electrons. The van der Waals surface area contributed by atoms with Crippen LogP contribution in [-0.4, -0.2) is 40.5 Å². The molecular weight excluding hydrogens is 573 g/mol. The Labute approximate surface area is 258 Å². The highest BCUT2D eigenvalue weighted by atomic mass is 35.5. The van der Waals surface area contributed by atoms with Crippen molar-refractivity contribution in [2.75, 3.05) is 6.54 Å². The van der Waals surface area contributed by atoms with Gasteiger partial charge >= 0.3 is 0 Å². The van der Waals surface area contributed by atoms with Crippen molar-refractivity contribution in [3.8, 4) is 0 Å². The summed E-state index contributed by atoms with van der Waals surface area (Å²) in [4.78, 5) is 34.3. The van der Waals surface area contributed by atoms with E-state index in [1.54, 1.807) is 30.3 Å². The minimum absolute atomic E-state index is 0.0490. The highest BCUT2D eigenvalue weighted by molar-refractivity contribution is 6.47. The van der Waals surface area contributed by atoms with Gasteiger partial charge in [-0.05, 0) is 78.8 Å². The van der Waals surface area contributed by atoms with E-state index in [2.05, 4.69) is 50.6 Å². The third-order valence-electron chi connectivity index (χ3n) is 8.40. The molecule has 1 aliphatic heterocycles. The summed E-state index contributed by atoms with van der Waals surface area (Å²) in [5.74, 6) is 5.46. The first-order valence-corrected chi connectivity index (χ1v) is 15.1. The van der Waals surface area contributed by atoms with Gasteiger partial charge in [0.1, 0.15) is 17.2 Å². The van der Waals surface area contributed by atoms with Gasteiger partial charge in [0.15, 0.2) is 0 Å². The summed E-state index contributed by atoms with van der Waals surface area (Å²) in [5.41, 5.74) is 9.70. The SMILES string of the molecule is CC(C)[C@H](c1ccc(C(=O)NCC(N)=NNN)cc1)N1C(=O)C(c2cc(Cl)cc(Cl)c2)=NC12CCC(C(C)(C)C)CC2. The van der Waals surface area contributed by atoms with Crippen molar-refractivity contribution in [2.24, 2.45) is 38.9 Å². The second-order valence-corrected chi connectivity index (χ2v) is 13.5. The smallest absolute Gasteiger partial charge is 0.275 e. The zero-order valence-corrected chi connectivity index (χ0v) is 26.4. The molecule has 1 heterocycles. The molecule has 2 aliphatic rings. The van der Waals surface area contributed by atoms with Crippen molar-refractivity contribution >= 4 is 46.6 Å². The van der Waals surface area contributed by atoms with E-state index in [4.69, 9.17) is 39.8 Å². The van der Waals surface area contributed by atoms with Gasteiger partial charge in [0, 0.05) is 21.2 Å². The number of amides is 2. The lowest BCUT2D eigenvalue weighted by Gasteiger charge is -2.48. The van der Waals surface area contributed by atoms with Crippen LogP contribution in [0.5, 0.6) is 0 Å². The minimum Gasteiger partial charge on any atom is -0.384 e. The third-order valence-corrected chi connectivity index (χ3v) is 8.84. The van der Waals surface area contributed by atoms with Crippen molar-refractivity contribution in [3.63, 3.8) is 0 Å². The Morgan fingerprint density at radius 2 is 1.71 bits per heavy atom. The largest absolute Gasteiger partial charge is 0.384 e. The lowest BCUT2D eigenvalue weighted by Crippen LogP contribution is -2.52. The Morgan fingerprint density at radius 3 is 2.24 bits per heavy atom. The fourth-order valence-electron chi connectivity index (χ4n) is 6.23. The van der Waals surface area contributed by atoms with Crippen LogP contribution in [-0.2, 0) is 4.79 Å². The highest BCUT2D eigenvalue weighted by Gasteiger charge is 2.53. The molecule has 1 saturated carbocycles. The predicted octanol–water partition coefficient (Wildman–Crippen LogP) is 5.42. The summed E-state index contributed by atoms with van der Waals surface area (Å²) in [6.07, 6.45) is 3.47. The molecule has 2 amide bonds. The van der Waals surface area contributed by atoms with Crippen molar-refractivity contribution in [2.45, 2.75) is 72.0 Å². The Bertz CT molecular complexity index is 1350. The van der Waals surface area contributed by atoms with E-state index in [1.165, 1.54) is 0 Å². The van der Waals surface area contributed by atoms with E-state index in [0.29, 0.717) is 32.8 Å². The molecule has 0 bridgehead atoms. The molecule has 226 valence electrons. The minimum atomic E-state index is -0.679.